The number of nitrogens with one attached hydrogen (secondary N) is 2. The van der Waals surface area contributed by atoms with Gasteiger partial charge in [-0.15, -0.1) is 0 Å². The van der Waals surface area contributed by atoms with Gasteiger partial charge >= 0.3 is 0 Å². The third-order valence-electron chi connectivity index (χ3n) is 3.69. The molecule has 0 unspecified atom stereocenters. The number of H-pyrrole nitrogens is 1. The van der Waals surface area contributed by atoms with E-state index in [1.165, 1.54) is 25.3 Å². The van der Waals surface area contributed by atoms with Gasteiger partial charge in [0.25, 0.3) is 5.69 Å². The van der Waals surface area contributed by atoms with E-state index in [9.17, 15) is 14.9 Å². The summed E-state index contributed by atoms with van der Waals surface area (Å²) in [6.45, 7) is 0. The average molecular weight is 325 g/mol. The zero-order valence-corrected chi connectivity index (χ0v) is 12.9. The van der Waals surface area contributed by atoms with Gasteiger partial charge in [0.15, 0.2) is 0 Å². The highest BCUT2D eigenvalue weighted by Crippen LogP contribution is 2.29. The minimum atomic E-state index is -0.519. The maximum Gasteiger partial charge on any atom is 0.271 e. The lowest BCUT2D eigenvalue weighted by molar-refractivity contribution is -0.384. The van der Waals surface area contributed by atoms with Crippen LogP contribution in [0.3, 0.4) is 0 Å². The molecule has 0 aliphatic rings. The summed E-state index contributed by atoms with van der Waals surface area (Å²) in [5.74, 6) is 0.0893. The molecule has 0 bridgehead atoms. The Hall–Kier alpha value is -3.35. The number of benzene rings is 2. The molecule has 0 atom stereocenters. The first-order valence-corrected chi connectivity index (χ1v) is 7.26. The summed E-state index contributed by atoms with van der Waals surface area (Å²) < 4.78 is 5.14. The summed E-state index contributed by atoms with van der Waals surface area (Å²) in [5.41, 5.74) is 1.97. The molecule has 3 aromatic rings. The summed E-state index contributed by atoms with van der Waals surface area (Å²) in [6.07, 6.45) is 1.94. The van der Waals surface area contributed by atoms with E-state index in [2.05, 4.69) is 10.3 Å². The fourth-order valence-electron chi connectivity index (χ4n) is 2.55. The number of nitro groups is 1. The number of rotatable bonds is 5. The van der Waals surface area contributed by atoms with E-state index in [1.54, 1.807) is 6.20 Å². The van der Waals surface area contributed by atoms with Crippen LogP contribution < -0.4 is 10.1 Å². The number of nitrogens with zero attached hydrogens (tertiary/aromatic N) is 1. The van der Waals surface area contributed by atoms with Crippen molar-refractivity contribution in [2.45, 2.75) is 6.42 Å². The van der Waals surface area contributed by atoms with E-state index in [-0.39, 0.29) is 23.7 Å². The molecular formula is C17H15N3O4. The summed E-state index contributed by atoms with van der Waals surface area (Å²) >= 11 is 0. The van der Waals surface area contributed by atoms with Crippen LogP contribution in [0.15, 0.2) is 48.7 Å². The van der Waals surface area contributed by atoms with Gasteiger partial charge < -0.3 is 15.0 Å². The van der Waals surface area contributed by atoms with E-state index in [0.717, 1.165) is 16.5 Å². The fraction of sp³-hybridized carbons (Fsp3) is 0.118. The summed E-state index contributed by atoms with van der Waals surface area (Å²) in [7, 11) is 1.44. The first kappa shape index (κ1) is 15.5. The highest BCUT2D eigenvalue weighted by Gasteiger charge is 2.15. The monoisotopic (exact) mass is 325 g/mol. The van der Waals surface area contributed by atoms with Crippen molar-refractivity contribution < 1.29 is 14.5 Å². The molecular weight excluding hydrogens is 310 g/mol. The van der Waals surface area contributed by atoms with E-state index >= 15 is 0 Å². The molecule has 0 radical (unpaired) electrons. The van der Waals surface area contributed by atoms with Gasteiger partial charge in [0.05, 0.1) is 24.1 Å². The van der Waals surface area contributed by atoms with Crippen molar-refractivity contribution in [3.05, 3.63) is 64.3 Å². The lowest BCUT2D eigenvalue weighted by Crippen LogP contribution is -2.15. The third-order valence-corrected chi connectivity index (χ3v) is 3.69. The van der Waals surface area contributed by atoms with Gasteiger partial charge in [-0.05, 0) is 17.7 Å². The van der Waals surface area contributed by atoms with Crippen LogP contribution in [0.5, 0.6) is 5.75 Å². The first-order chi connectivity index (χ1) is 11.6. The summed E-state index contributed by atoms with van der Waals surface area (Å²) in [4.78, 5) is 25.8. The number of carbonyl (C=O) groups excluding carboxylic acids is 1. The number of hydrogen-bond donors (Lipinski definition) is 2. The molecule has 7 nitrogen and oxygen atoms in total. The lowest BCUT2D eigenvalue weighted by Gasteiger charge is -2.09. The highest BCUT2D eigenvalue weighted by atomic mass is 16.6. The number of carbonyl (C=O) groups is 1. The van der Waals surface area contributed by atoms with Crippen LogP contribution in [-0.2, 0) is 11.2 Å². The number of aromatic nitrogens is 1. The molecule has 0 spiro atoms. The fourth-order valence-corrected chi connectivity index (χ4v) is 2.55. The second kappa shape index (κ2) is 6.41. The Morgan fingerprint density at radius 1 is 1.29 bits per heavy atom. The van der Waals surface area contributed by atoms with Crippen LogP contribution in [-0.4, -0.2) is 22.9 Å². The summed E-state index contributed by atoms with van der Waals surface area (Å²) in [5, 5.41) is 14.5. The largest absolute Gasteiger partial charge is 0.495 e. The molecule has 7 heteroatoms. The Morgan fingerprint density at radius 2 is 2.08 bits per heavy atom. The van der Waals surface area contributed by atoms with E-state index in [1.807, 2.05) is 24.3 Å². The van der Waals surface area contributed by atoms with Crippen molar-refractivity contribution in [1.82, 2.24) is 4.98 Å². The van der Waals surface area contributed by atoms with Gasteiger partial charge in [0.2, 0.25) is 5.91 Å². The molecule has 0 aliphatic heterocycles. The van der Waals surface area contributed by atoms with Crippen molar-refractivity contribution in [2.24, 2.45) is 0 Å². The molecule has 0 fully saturated rings. The molecule has 3 rings (SSSR count). The van der Waals surface area contributed by atoms with Crippen LogP contribution in [0.4, 0.5) is 11.4 Å². The second-order valence-corrected chi connectivity index (χ2v) is 5.23. The number of fused-ring (bicyclic) bond motifs is 1. The third kappa shape index (κ3) is 3.05. The lowest BCUT2D eigenvalue weighted by atomic mass is 10.1. The molecule has 0 saturated carbocycles. The number of methoxy groups -OCH3 is 1. The molecule has 0 aliphatic carbocycles. The van der Waals surface area contributed by atoms with Crippen LogP contribution >= 0.6 is 0 Å². The van der Waals surface area contributed by atoms with Gasteiger partial charge in [0, 0.05) is 29.2 Å². The Kier molecular flexibility index (Phi) is 4.15. The van der Waals surface area contributed by atoms with E-state index in [4.69, 9.17) is 4.74 Å². The minimum absolute atomic E-state index is 0.113. The number of anilines is 1. The molecule has 1 heterocycles. The van der Waals surface area contributed by atoms with Gasteiger partial charge in [-0.25, -0.2) is 0 Å². The maximum atomic E-state index is 12.3. The van der Waals surface area contributed by atoms with E-state index < -0.39 is 4.92 Å². The zero-order chi connectivity index (χ0) is 17.1. The summed E-state index contributed by atoms with van der Waals surface area (Å²) in [6, 6.07) is 11.8. The molecule has 122 valence electrons. The number of non-ortho nitro benzene ring substituents is 1. The van der Waals surface area contributed by atoms with Crippen molar-refractivity contribution in [3.8, 4) is 5.75 Å². The number of aromatic amines is 1. The number of amides is 1. The Bertz CT molecular complexity index is 917. The Balaban J connectivity index is 1.82. The van der Waals surface area contributed by atoms with Crippen LogP contribution in [0.25, 0.3) is 10.9 Å². The average Bonchev–Trinajstić information content (AvgIpc) is 2.98. The molecule has 2 aromatic carbocycles. The number of para-hydroxylation sites is 1. The predicted octanol–water partition coefficient (Wildman–Crippen LogP) is 3.27. The standard InChI is InChI=1S/C17H15N3O4/c1-24-16-7-6-12(20(22)23)9-15(16)19-17(21)8-11-10-18-14-5-3-2-4-13(11)14/h2-7,9-10,18H,8H2,1H3,(H,19,21). The van der Waals surface area contributed by atoms with Crippen LogP contribution in [0.1, 0.15) is 5.56 Å². The maximum absolute atomic E-state index is 12.3. The van der Waals surface area contributed by atoms with Crippen molar-refractivity contribution >= 4 is 28.2 Å². The predicted molar refractivity (Wildman–Crippen MR) is 90.3 cm³/mol. The van der Waals surface area contributed by atoms with Crippen LogP contribution in [0, 0.1) is 10.1 Å². The molecule has 2 N–H and O–H groups in total. The molecule has 1 aromatic heterocycles. The molecule has 24 heavy (non-hydrogen) atoms. The SMILES string of the molecule is COc1ccc([N+](=O)[O-])cc1NC(=O)Cc1c[nH]c2ccccc12. The minimum Gasteiger partial charge on any atom is -0.495 e. The van der Waals surface area contributed by atoms with Gasteiger partial charge in [-0.1, -0.05) is 18.2 Å². The van der Waals surface area contributed by atoms with Crippen LogP contribution in [0.2, 0.25) is 0 Å². The normalized spacial score (nSPS) is 10.5. The Morgan fingerprint density at radius 3 is 2.83 bits per heavy atom. The first-order valence-electron chi connectivity index (χ1n) is 7.26. The van der Waals surface area contributed by atoms with Crippen molar-refractivity contribution in [1.29, 1.82) is 0 Å². The quantitative estimate of drug-likeness (QED) is 0.555. The van der Waals surface area contributed by atoms with E-state index in [0.29, 0.717) is 5.75 Å². The Labute approximate surface area is 137 Å². The smallest absolute Gasteiger partial charge is 0.271 e. The van der Waals surface area contributed by atoms with Gasteiger partial charge in [-0.3, -0.25) is 14.9 Å². The highest BCUT2D eigenvalue weighted by molar-refractivity contribution is 5.97. The van der Waals surface area contributed by atoms with Crippen molar-refractivity contribution in [2.75, 3.05) is 12.4 Å². The topological polar surface area (TPSA) is 97.3 Å². The number of hydrogen-bond acceptors (Lipinski definition) is 4. The van der Waals surface area contributed by atoms with Gasteiger partial charge in [-0.2, -0.15) is 0 Å². The van der Waals surface area contributed by atoms with Crippen molar-refractivity contribution in [3.63, 3.8) is 0 Å². The van der Waals surface area contributed by atoms with Gasteiger partial charge in [0.1, 0.15) is 5.75 Å². The second-order valence-electron chi connectivity index (χ2n) is 5.23. The number of ether oxygens (including phenoxy) is 1. The molecule has 1 amide bonds. The molecule has 0 saturated heterocycles. The number of nitro benzene ring substituents is 1. The zero-order valence-electron chi connectivity index (χ0n) is 12.9.